The van der Waals surface area contributed by atoms with E-state index in [0.717, 1.165) is 75.0 Å². The van der Waals surface area contributed by atoms with E-state index in [1.54, 1.807) is 69.3 Å². The standard InChI is InChI=1S/C50H2.C24H25F2N3O3.2C19H17F2N3O2.2CH4.ClH/c1-3-5-7-9-11-13-15-17-19-21-23-25-27-29-31-33-35-37-39-41-43-45-47-49-50-48-46-44-42-40-38-36-34-32-30-28-26-24-22-20-18-16-14-12-10-8-6-4-2;1-14-13-17(32-23-19(22(25)26)7-6-11-27-23)9-10-18(14)21-15(2)24(30)29(28-16(21)3)20-8-4-5-12-31-20;2*1-10-9-13(26-19-15(17(20)21)5-4-8-22-19)6-7-14(10)16-11(2)18(25)24-23-12(16)3;;;/h1-2H;6-7,9-11,13,20,22H,4-5,8,12H2,1-3H3;2*4-9,17H,1-3H3,(H,24,25);2*1H4;1H. The minimum atomic E-state index is -2.69. The molecule has 1 unspecified atom stereocenters. The molecule has 2 N–H and O–H groups in total. The van der Waals surface area contributed by atoms with Gasteiger partial charge >= 0.3 is 0 Å². The highest BCUT2D eigenvalue weighted by Gasteiger charge is 2.25. The van der Waals surface area contributed by atoms with Crippen LogP contribution in [0.1, 0.15) is 127 Å². The molecule has 0 spiro atoms. The zero-order chi connectivity index (χ0) is 96.5. The summed E-state index contributed by atoms with van der Waals surface area (Å²) in [4.78, 5) is 48.5. The topological polar surface area (TPSA) is 202 Å². The van der Waals surface area contributed by atoms with Crippen LogP contribution in [0.2, 0.25) is 0 Å². The Labute approximate surface area is 799 Å². The van der Waals surface area contributed by atoms with Crippen LogP contribution in [0.4, 0.5) is 26.3 Å². The van der Waals surface area contributed by atoms with Gasteiger partial charge in [0, 0.05) is 248 Å². The zero-order valence-corrected chi connectivity index (χ0v) is 73.7. The van der Waals surface area contributed by atoms with Crippen LogP contribution in [-0.2, 0) is 4.74 Å². The van der Waals surface area contributed by atoms with Crippen molar-refractivity contribution in [3.8, 4) is 365 Å². The fourth-order valence-corrected chi connectivity index (χ4v) is 11.1. The van der Waals surface area contributed by atoms with Gasteiger partial charge in [-0.15, -0.1) is 25.3 Å². The molecule has 3 aromatic carbocycles. The fraction of sp³-hybridized carbons (Fsp3) is 0.167. The largest absolute Gasteiger partial charge is 0.439 e. The molecule has 0 amide bonds. The predicted molar refractivity (Wildman–Crippen MR) is 521 cm³/mol. The number of H-pyrrole nitrogens is 2. The quantitative estimate of drug-likeness (QED) is 0.0816. The van der Waals surface area contributed by atoms with Gasteiger partial charge < -0.3 is 18.9 Å². The second kappa shape index (κ2) is 61.4. The second-order valence-electron chi connectivity index (χ2n) is 25.8. The van der Waals surface area contributed by atoms with Gasteiger partial charge in [0.2, 0.25) is 17.6 Å². The second-order valence-corrected chi connectivity index (χ2v) is 25.8. The maximum absolute atomic E-state index is 13.2. The molecule has 23 heteroatoms. The molecule has 1 aliphatic heterocycles. The van der Waals surface area contributed by atoms with Crippen LogP contribution in [-0.4, -0.2) is 51.7 Å². The fourth-order valence-electron chi connectivity index (χ4n) is 11.1. The minimum absolute atomic E-state index is 0. The summed E-state index contributed by atoms with van der Waals surface area (Å²) in [6.07, 6.45) is 8.48. The number of terminal acetylenes is 2. The molecule has 1 fully saturated rings. The Morgan fingerprint density at radius 1 is 0.358 bits per heavy atom. The molecule has 0 saturated carbocycles. The van der Waals surface area contributed by atoms with Crippen LogP contribution in [0.3, 0.4) is 0 Å². The molecular weight excluding hydrogens is 1760 g/mol. The van der Waals surface area contributed by atoms with E-state index in [2.05, 4.69) is 325 Å². The van der Waals surface area contributed by atoms with Gasteiger partial charge in [0.1, 0.15) is 17.2 Å². The summed E-state index contributed by atoms with van der Waals surface area (Å²) in [6.45, 7) is 17.0. The monoisotopic (exact) mass is 1830 g/mol. The number of hydrogen-bond acceptors (Lipinski definition) is 13. The number of hydrogen-bond donors (Lipinski definition) is 2. The highest BCUT2D eigenvalue weighted by Crippen LogP contribution is 2.38. The number of rotatable bonds is 13. The maximum Gasteiger partial charge on any atom is 0.272 e. The molecule has 0 radical (unpaired) electrons. The van der Waals surface area contributed by atoms with Crippen molar-refractivity contribution in [2.45, 2.75) is 122 Å². The third-order valence-corrected chi connectivity index (χ3v) is 16.9. The van der Waals surface area contributed by atoms with Crippen molar-refractivity contribution in [3.63, 3.8) is 0 Å². The minimum Gasteiger partial charge on any atom is -0.439 e. The van der Waals surface area contributed by atoms with Crippen molar-refractivity contribution in [1.82, 2.24) is 45.1 Å². The first-order chi connectivity index (χ1) is 65.0. The number of aromatic nitrogens is 9. The number of benzene rings is 3. The highest BCUT2D eigenvalue weighted by molar-refractivity contribution is 5.85. The summed E-state index contributed by atoms with van der Waals surface area (Å²) in [5, 5.41) is 17.5. The Balaban J connectivity index is 0.000000392. The SMILES string of the molecule is C.C.C#CC#CC#CC#CC#CC#CC#CC#CC#CC#CC#CC#CC#CC#CC#CC#CC#CC#CC#CC#CC#CC#CC#CC#CC#C.Cc1cc(Oc2ncccc2C(F)F)ccc1-c1c(C)n[nH]c(=O)c1C.Cc1cc(Oc2ncccc2C(F)F)ccc1-c1c(C)n[nH]c(=O)c1C.Cc1cc(Oc2ncccc2C(F)F)ccc1-c1c(C)nn(C2CCCCO2)c(=O)c1C.Cl. The van der Waals surface area contributed by atoms with Crippen molar-refractivity contribution in [2.24, 2.45) is 0 Å². The number of aromatic amines is 2. The van der Waals surface area contributed by atoms with Gasteiger partial charge in [0.25, 0.3) is 36.0 Å². The Morgan fingerprint density at radius 3 is 0.832 bits per heavy atom. The van der Waals surface area contributed by atoms with Crippen molar-refractivity contribution in [3.05, 3.63) is 208 Å². The molecule has 0 bridgehead atoms. The molecule has 0 aliphatic carbocycles. The molecule has 6 aromatic heterocycles. The molecule has 1 saturated heterocycles. The van der Waals surface area contributed by atoms with Gasteiger partial charge in [0.15, 0.2) is 6.23 Å². The van der Waals surface area contributed by atoms with Gasteiger partial charge in [0.05, 0.1) is 33.8 Å². The normalized spacial score (nSPS) is 9.42. The number of aryl methyl sites for hydroxylation is 6. The van der Waals surface area contributed by atoms with Crippen molar-refractivity contribution < 1.29 is 45.3 Å². The van der Waals surface area contributed by atoms with E-state index in [9.17, 15) is 40.7 Å². The Hall–Kier alpha value is -20.0. The van der Waals surface area contributed by atoms with Crippen LogP contribution in [0.5, 0.6) is 34.9 Å². The number of ether oxygens (including phenoxy) is 4. The molecule has 1 atom stereocenters. The van der Waals surface area contributed by atoms with E-state index < -0.39 is 19.3 Å². The van der Waals surface area contributed by atoms with E-state index in [1.165, 1.54) is 59.7 Å². The molecular formula is C114H70ClF6N9O7. The van der Waals surface area contributed by atoms with Gasteiger partial charge in [-0.3, -0.25) is 14.4 Å². The first-order valence-electron chi connectivity index (χ1n) is 38.8. The summed E-state index contributed by atoms with van der Waals surface area (Å²) in [6, 6.07) is 23.7. The van der Waals surface area contributed by atoms with Crippen LogP contribution in [0.15, 0.2) is 124 Å². The van der Waals surface area contributed by atoms with Crippen molar-refractivity contribution in [1.29, 1.82) is 0 Å². The Kier molecular flexibility index (Phi) is 49.0. The lowest BCUT2D eigenvalue weighted by molar-refractivity contribution is -0.0428. The van der Waals surface area contributed by atoms with Crippen LogP contribution < -0.4 is 30.9 Å². The van der Waals surface area contributed by atoms with Crippen LogP contribution in [0, 0.1) is 359 Å². The summed E-state index contributed by atoms with van der Waals surface area (Å²) >= 11 is 0. The van der Waals surface area contributed by atoms with Gasteiger partial charge in [-0.1, -0.05) is 33.1 Å². The third kappa shape index (κ3) is 37.3. The Morgan fingerprint density at radius 2 is 0.606 bits per heavy atom. The van der Waals surface area contributed by atoms with E-state index >= 15 is 0 Å². The average molecular weight is 1830 g/mol. The lowest BCUT2D eigenvalue weighted by Crippen LogP contribution is -2.33. The average Bonchev–Trinajstić information content (AvgIpc) is 0.769. The van der Waals surface area contributed by atoms with E-state index in [1.807, 2.05) is 47.6 Å². The maximum atomic E-state index is 13.2. The zero-order valence-electron chi connectivity index (χ0n) is 72.8. The first-order valence-corrected chi connectivity index (χ1v) is 38.8. The predicted octanol–water partition coefficient (Wildman–Crippen LogP) is 16.7. The molecule has 7 heterocycles. The highest BCUT2D eigenvalue weighted by atomic mass is 35.5. The molecule has 1 aliphatic rings. The molecule has 137 heavy (non-hydrogen) atoms. The van der Waals surface area contributed by atoms with E-state index in [0.29, 0.717) is 51.9 Å². The van der Waals surface area contributed by atoms with Gasteiger partial charge in [-0.25, -0.2) is 56.2 Å². The summed E-state index contributed by atoms with van der Waals surface area (Å²) in [5.41, 5.74) is 9.64. The molecule has 9 aromatic rings. The summed E-state index contributed by atoms with van der Waals surface area (Å²) in [5.74, 6) is 119. The number of nitrogens with zero attached hydrogens (tertiary/aromatic N) is 7. The van der Waals surface area contributed by atoms with Crippen LogP contribution in [0.25, 0.3) is 33.4 Å². The van der Waals surface area contributed by atoms with E-state index in [-0.39, 0.29) is 84.5 Å². The van der Waals surface area contributed by atoms with Crippen molar-refractivity contribution >= 4 is 12.4 Å². The molecule has 662 valence electrons. The van der Waals surface area contributed by atoms with Gasteiger partial charge in [-0.05, 0) is 282 Å². The smallest absolute Gasteiger partial charge is 0.272 e. The van der Waals surface area contributed by atoms with Gasteiger partial charge in [-0.2, -0.15) is 15.3 Å². The Bertz CT molecular complexity index is 7690. The number of halogens is 7. The molecule has 10 rings (SSSR count). The third-order valence-electron chi connectivity index (χ3n) is 16.9. The molecule has 16 nitrogen and oxygen atoms in total. The summed E-state index contributed by atoms with van der Waals surface area (Å²) < 4.78 is 103. The number of nitrogens with one attached hydrogen (secondary N) is 2. The number of pyridine rings is 3. The lowest BCUT2D eigenvalue weighted by atomic mass is 9.96. The lowest BCUT2D eigenvalue weighted by Gasteiger charge is -2.25. The van der Waals surface area contributed by atoms with Crippen LogP contribution >= 0.6 is 12.4 Å². The first kappa shape index (κ1) is 109. The number of alkyl halides is 6. The van der Waals surface area contributed by atoms with E-state index in [4.69, 9.17) is 31.8 Å². The van der Waals surface area contributed by atoms with Crippen molar-refractivity contribution in [2.75, 3.05) is 6.61 Å². The summed E-state index contributed by atoms with van der Waals surface area (Å²) in [7, 11) is 0.